The summed E-state index contributed by atoms with van der Waals surface area (Å²) < 4.78 is 1.76. The Morgan fingerprint density at radius 3 is 2.62 bits per heavy atom. The van der Waals surface area contributed by atoms with E-state index in [2.05, 4.69) is 46.6 Å². The summed E-state index contributed by atoms with van der Waals surface area (Å²) in [5, 5.41) is 11.8. The van der Waals surface area contributed by atoms with Gasteiger partial charge < -0.3 is 5.32 Å². The lowest BCUT2D eigenvalue weighted by Crippen LogP contribution is -2.37. The molecule has 150 valence electrons. The van der Waals surface area contributed by atoms with Crippen molar-refractivity contribution in [3.8, 4) is 16.9 Å². The molecular formula is C23H27N5O. The molecule has 0 radical (unpaired) electrons. The maximum absolute atomic E-state index is 13.1. The Hall–Kier alpha value is -3.02. The average molecular weight is 390 g/mol. The smallest absolute Gasteiger partial charge is 0.274 e. The van der Waals surface area contributed by atoms with Crippen molar-refractivity contribution in [2.24, 2.45) is 5.92 Å². The molecule has 0 unspecified atom stereocenters. The Kier molecular flexibility index (Phi) is 5.69. The van der Waals surface area contributed by atoms with Gasteiger partial charge in [0, 0.05) is 24.0 Å². The third-order valence-electron chi connectivity index (χ3n) is 5.75. The molecule has 0 atom stereocenters. The third-order valence-corrected chi connectivity index (χ3v) is 5.75. The lowest BCUT2D eigenvalue weighted by Gasteiger charge is -2.26. The minimum Gasteiger partial charge on any atom is -0.348 e. The number of carbonyl (C=O) groups excluding carboxylic acids is 1. The summed E-state index contributed by atoms with van der Waals surface area (Å²) in [4.78, 5) is 17.2. The highest BCUT2D eigenvalue weighted by Crippen LogP contribution is 2.27. The van der Waals surface area contributed by atoms with Gasteiger partial charge in [0.25, 0.3) is 5.91 Å². The van der Waals surface area contributed by atoms with E-state index >= 15 is 0 Å². The molecule has 0 spiro atoms. The first-order chi connectivity index (χ1) is 14.2. The lowest BCUT2D eigenvalue weighted by atomic mass is 9.87. The van der Waals surface area contributed by atoms with Crippen molar-refractivity contribution in [3.05, 3.63) is 60.0 Å². The molecule has 29 heavy (non-hydrogen) atoms. The van der Waals surface area contributed by atoms with E-state index in [1.54, 1.807) is 17.1 Å². The molecule has 2 aromatic heterocycles. The van der Waals surface area contributed by atoms with E-state index < -0.39 is 0 Å². The normalized spacial score (nSPS) is 19.1. The number of carbonyl (C=O) groups is 1. The molecule has 0 bridgehead atoms. The van der Waals surface area contributed by atoms with Gasteiger partial charge in [-0.05, 0) is 67.9 Å². The summed E-state index contributed by atoms with van der Waals surface area (Å²) in [6, 6.07) is 12.2. The highest BCUT2D eigenvalue weighted by atomic mass is 16.2. The van der Waals surface area contributed by atoms with Crippen LogP contribution in [0.4, 0.5) is 0 Å². The second-order valence-corrected chi connectivity index (χ2v) is 7.89. The van der Waals surface area contributed by atoms with Crippen molar-refractivity contribution >= 4 is 5.91 Å². The molecule has 1 aromatic carbocycles. The van der Waals surface area contributed by atoms with Gasteiger partial charge in [0.05, 0.1) is 5.69 Å². The number of nitrogens with one attached hydrogen (secondary N) is 1. The summed E-state index contributed by atoms with van der Waals surface area (Å²) in [7, 11) is 0. The Bertz CT molecular complexity index is 974. The van der Waals surface area contributed by atoms with Crippen LogP contribution in [0.3, 0.4) is 0 Å². The molecule has 0 aliphatic heterocycles. The number of hydrogen-bond acceptors (Lipinski definition) is 4. The highest BCUT2D eigenvalue weighted by Gasteiger charge is 2.26. The fourth-order valence-electron chi connectivity index (χ4n) is 3.95. The van der Waals surface area contributed by atoms with E-state index in [-0.39, 0.29) is 11.9 Å². The predicted octanol–water partition coefficient (Wildman–Crippen LogP) is 4.20. The van der Waals surface area contributed by atoms with Gasteiger partial charge in [0.15, 0.2) is 5.69 Å². The summed E-state index contributed by atoms with van der Waals surface area (Å²) >= 11 is 0. The molecule has 6 nitrogen and oxygen atoms in total. The minimum absolute atomic E-state index is 0.158. The van der Waals surface area contributed by atoms with Gasteiger partial charge in [-0.2, -0.15) is 0 Å². The van der Waals surface area contributed by atoms with Gasteiger partial charge >= 0.3 is 0 Å². The summed E-state index contributed by atoms with van der Waals surface area (Å²) in [6.07, 6.45) is 8.71. The molecule has 2 heterocycles. The molecule has 1 aliphatic carbocycles. The Morgan fingerprint density at radius 2 is 1.90 bits per heavy atom. The second-order valence-electron chi connectivity index (χ2n) is 7.89. The van der Waals surface area contributed by atoms with Crippen LogP contribution in [0.15, 0.2) is 48.8 Å². The van der Waals surface area contributed by atoms with Gasteiger partial charge in [-0.3, -0.25) is 9.78 Å². The fraction of sp³-hybridized carbons (Fsp3) is 0.391. The Morgan fingerprint density at radius 1 is 1.14 bits per heavy atom. The first-order valence-corrected chi connectivity index (χ1v) is 10.4. The first-order valence-electron chi connectivity index (χ1n) is 10.4. The first kappa shape index (κ1) is 19.3. The molecule has 4 rings (SSSR count). The lowest BCUT2D eigenvalue weighted by molar-refractivity contribution is 0.0918. The van der Waals surface area contributed by atoms with Crippen molar-refractivity contribution < 1.29 is 4.79 Å². The fourth-order valence-corrected chi connectivity index (χ4v) is 3.95. The number of pyridine rings is 1. The molecule has 1 fully saturated rings. The number of amides is 1. The maximum atomic E-state index is 13.1. The molecule has 1 saturated carbocycles. The number of aromatic nitrogens is 4. The predicted molar refractivity (Wildman–Crippen MR) is 113 cm³/mol. The molecule has 1 N–H and O–H groups in total. The Labute approximate surface area is 171 Å². The quantitative estimate of drug-likeness (QED) is 0.710. The van der Waals surface area contributed by atoms with Crippen molar-refractivity contribution in [3.63, 3.8) is 0 Å². The van der Waals surface area contributed by atoms with E-state index in [0.717, 1.165) is 49.3 Å². The monoisotopic (exact) mass is 389 g/mol. The molecule has 6 heteroatoms. The third kappa shape index (κ3) is 4.21. The zero-order valence-electron chi connectivity index (χ0n) is 17.0. The van der Waals surface area contributed by atoms with Crippen LogP contribution in [0.1, 0.15) is 55.6 Å². The zero-order chi connectivity index (χ0) is 20.2. The number of hydrogen-bond donors (Lipinski definition) is 1. The van der Waals surface area contributed by atoms with Crippen LogP contribution >= 0.6 is 0 Å². The second kappa shape index (κ2) is 8.55. The van der Waals surface area contributed by atoms with Crippen LogP contribution in [0.25, 0.3) is 16.9 Å². The summed E-state index contributed by atoms with van der Waals surface area (Å²) in [5.41, 5.74) is 4.03. The van der Waals surface area contributed by atoms with Gasteiger partial charge in [0.2, 0.25) is 0 Å². The van der Waals surface area contributed by atoms with Crippen LogP contribution in [-0.2, 0) is 6.42 Å². The average Bonchev–Trinajstić information content (AvgIpc) is 3.21. The van der Waals surface area contributed by atoms with Crippen molar-refractivity contribution in [1.82, 2.24) is 25.3 Å². The zero-order valence-corrected chi connectivity index (χ0v) is 17.0. The number of nitrogens with zero attached hydrogens (tertiary/aromatic N) is 4. The number of aryl methyl sites for hydroxylation is 1. The standard InChI is InChI=1S/C23H27N5O/c1-3-17-5-4-6-20(15-17)28-22(18-11-13-24-14-12-18)21(26-27-28)23(29)25-19-9-7-16(2)8-10-19/h4-6,11-16,19H,3,7-10H2,1-2H3,(H,25,29). The van der Waals surface area contributed by atoms with Gasteiger partial charge in [0.1, 0.15) is 5.69 Å². The van der Waals surface area contributed by atoms with Crippen molar-refractivity contribution in [2.75, 3.05) is 0 Å². The van der Waals surface area contributed by atoms with Crippen molar-refractivity contribution in [2.45, 2.75) is 52.0 Å². The molecule has 1 aliphatic rings. The van der Waals surface area contributed by atoms with Crippen LogP contribution in [0, 0.1) is 5.92 Å². The largest absolute Gasteiger partial charge is 0.348 e. The number of benzene rings is 1. The van der Waals surface area contributed by atoms with Crippen LogP contribution in [0.2, 0.25) is 0 Å². The van der Waals surface area contributed by atoms with Crippen LogP contribution < -0.4 is 5.32 Å². The van der Waals surface area contributed by atoms with Gasteiger partial charge in [-0.25, -0.2) is 4.68 Å². The maximum Gasteiger partial charge on any atom is 0.274 e. The van der Waals surface area contributed by atoms with Crippen LogP contribution in [-0.4, -0.2) is 31.9 Å². The van der Waals surface area contributed by atoms with Gasteiger partial charge in [-0.15, -0.1) is 5.10 Å². The minimum atomic E-state index is -0.158. The summed E-state index contributed by atoms with van der Waals surface area (Å²) in [6.45, 7) is 4.39. The SMILES string of the molecule is CCc1cccc(-n2nnc(C(=O)NC3CCC(C)CC3)c2-c2ccncc2)c1. The molecule has 3 aromatic rings. The van der Waals surface area contributed by atoms with E-state index in [1.807, 2.05) is 24.3 Å². The van der Waals surface area contributed by atoms with E-state index in [1.165, 1.54) is 5.56 Å². The van der Waals surface area contributed by atoms with Crippen molar-refractivity contribution in [1.29, 1.82) is 0 Å². The van der Waals surface area contributed by atoms with Gasteiger partial charge in [-0.1, -0.05) is 31.2 Å². The van der Waals surface area contributed by atoms with Crippen LogP contribution in [0.5, 0.6) is 0 Å². The van der Waals surface area contributed by atoms with E-state index in [9.17, 15) is 4.79 Å². The highest BCUT2D eigenvalue weighted by molar-refractivity contribution is 5.98. The number of rotatable bonds is 5. The molecule has 0 saturated heterocycles. The van der Waals surface area contributed by atoms with E-state index in [4.69, 9.17) is 0 Å². The Balaban J connectivity index is 1.70. The molecule has 1 amide bonds. The molecular weight excluding hydrogens is 362 g/mol. The summed E-state index contributed by atoms with van der Waals surface area (Å²) in [5.74, 6) is 0.580. The topological polar surface area (TPSA) is 72.7 Å². The van der Waals surface area contributed by atoms with E-state index in [0.29, 0.717) is 11.4 Å².